The van der Waals surface area contributed by atoms with E-state index in [1.165, 1.54) is 6.07 Å². The first kappa shape index (κ1) is 11.2. The number of hydrogen-bond acceptors (Lipinski definition) is 1. The summed E-state index contributed by atoms with van der Waals surface area (Å²) in [6.45, 7) is 5.95. The number of hydrogen-bond donors (Lipinski definition) is 1. The maximum Gasteiger partial charge on any atom is 0.127 e. The van der Waals surface area contributed by atoms with Gasteiger partial charge in [0.1, 0.15) is 5.82 Å². The topological polar surface area (TPSA) is 12.0 Å². The minimum absolute atomic E-state index is 0.121. The van der Waals surface area contributed by atoms with E-state index >= 15 is 0 Å². The average molecular weight is 195 g/mol. The van der Waals surface area contributed by atoms with Gasteiger partial charge in [0.25, 0.3) is 0 Å². The van der Waals surface area contributed by atoms with Crippen molar-refractivity contribution in [3.8, 4) is 0 Å². The molecule has 0 radical (unpaired) electrons. The van der Waals surface area contributed by atoms with E-state index in [-0.39, 0.29) is 5.82 Å². The number of halogens is 1. The van der Waals surface area contributed by atoms with Crippen molar-refractivity contribution in [3.05, 3.63) is 35.6 Å². The van der Waals surface area contributed by atoms with Gasteiger partial charge in [-0.1, -0.05) is 32.0 Å². The van der Waals surface area contributed by atoms with E-state index in [2.05, 4.69) is 19.2 Å². The standard InChI is InChI=1S/C12H18FN/c1-10(2)7-8-14-9-11-5-3-4-6-12(11)13/h3-6,10,14H,7-9H2,1-2H3. The van der Waals surface area contributed by atoms with Crippen molar-refractivity contribution in [2.45, 2.75) is 26.8 Å². The van der Waals surface area contributed by atoms with Crippen LogP contribution in [-0.2, 0) is 6.54 Å². The van der Waals surface area contributed by atoms with Crippen molar-refractivity contribution in [2.24, 2.45) is 5.92 Å². The minimum atomic E-state index is -0.121. The Morgan fingerprint density at radius 3 is 2.64 bits per heavy atom. The summed E-state index contributed by atoms with van der Waals surface area (Å²) in [5.74, 6) is 0.577. The fourth-order valence-electron chi connectivity index (χ4n) is 1.26. The van der Waals surface area contributed by atoms with Gasteiger partial charge in [-0.15, -0.1) is 0 Å². The molecule has 2 heteroatoms. The van der Waals surface area contributed by atoms with E-state index in [4.69, 9.17) is 0 Å². The summed E-state index contributed by atoms with van der Waals surface area (Å²) in [6.07, 6.45) is 1.13. The van der Waals surface area contributed by atoms with Crippen LogP contribution in [-0.4, -0.2) is 6.54 Å². The van der Waals surface area contributed by atoms with Crippen LogP contribution in [0.25, 0.3) is 0 Å². The van der Waals surface area contributed by atoms with Crippen molar-refractivity contribution >= 4 is 0 Å². The Morgan fingerprint density at radius 2 is 2.00 bits per heavy atom. The van der Waals surface area contributed by atoms with Crippen LogP contribution in [0, 0.1) is 11.7 Å². The van der Waals surface area contributed by atoms with Crippen molar-refractivity contribution in [1.29, 1.82) is 0 Å². The molecule has 1 N–H and O–H groups in total. The average Bonchev–Trinajstić information content (AvgIpc) is 2.15. The molecule has 78 valence electrons. The van der Waals surface area contributed by atoms with Crippen LogP contribution in [0.3, 0.4) is 0 Å². The molecule has 1 rings (SSSR count). The number of rotatable bonds is 5. The van der Waals surface area contributed by atoms with Gasteiger partial charge >= 0.3 is 0 Å². The minimum Gasteiger partial charge on any atom is -0.313 e. The molecule has 0 spiro atoms. The van der Waals surface area contributed by atoms with Gasteiger partial charge in [-0.2, -0.15) is 0 Å². The summed E-state index contributed by atoms with van der Waals surface area (Å²) in [7, 11) is 0. The molecule has 0 aliphatic rings. The van der Waals surface area contributed by atoms with Gasteiger partial charge in [-0.05, 0) is 24.9 Å². The molecule has 0 heterocycles. The zero-order valence-corrected chi connectivity index (χ0v) is 8.89. The summed E-state index contributed by atoms with van der Waals surface area (Å²) in [5.41, 5.74) is 0.747. The molecule has 0 saturated carbocycles. The first-order valence-electron chi connectivity index (χ1n) is 5.14. The lowest BCUT2D eigenvalue weighted by atomic mass is 10.1. The lowest BCUT2D eigenvalue weighted by molar-refractivity contribution is 0.527. The van der Waals surface area contributed by atoms with Gasteiger partial charge in [-0.25, -0.2) is 4.39 Å². The molecule has 0 amide bonds. The van der Waals surface area contributed by atoms with Crippen LogP contribution >= 0.6 is 0 Å². The first-order valence-corrected chi connectivity index (χ1v) is 5.14. The van der Waals surface area contributed by atoms with E-state index in [9.17, 15) is 4.39 Å². The van der Waals surface area contributed by atoms with Crippen molar-refractivity contribution in [1.82, 2.24) is 5.32 Å². The predicted molar refractivity (Wildman–Crippen MR) is 57.6 cm³/mol. The molecule has 1 aromatic rings. The zero-order chi connectivity index (χ0) is 10.4. The predicted octanol–water partition coefficient (Wildman–Crippen LogP) is 2.96. The van der Waals surface area contributed by atoms with Crippen LogP contribution in [0.1, 0.15) is 25.8 Å². The molecule has 0 aliphatic heterocycles. The van der Waals surface area contributed by atoms with E-state index in [1.54, 1.807) is 6.07 Å². The SMILES string of the molecule is CC(C)CCNCc1ccccc1F. The number of nitrogens with one attached hydrogen (secondary N) is 1. The summed E-state index contributed by atoms with van der Waals surface area (Å²) in [6, 6.07) is 6.90. The molecule has 0 atom stereocenters. The molecule has 0 unspecified atom stereocenters. The van der Waals surface area contributed by atoms with Crippen LogP contribution < -0.4 is 5.32 Å². The lowest BCUT2D eigenvalue weighted by Gasteiger charge is -2.07. The molecule has 0 fully saturated rings. The lowest BCUT2D eigenvalue weighted by Crippen LogP contribution is -2.16. The van der Waals surface area contributed by atoms with Crippen LogP contribution in [0.2, 0.25) is 0 Å². The van der Waals surface area contributed by atoms with Gasteiger partial charge in [0.15, 0.2) is 0 Å². The monoisotopic (exact) mass is 195 g/mol. The molecule has 0 bridgehead atoms. The molecule has 0 saturated heterocycles. The molecule has 1 nitrogen and oxygen atoms in total. The van der Waals surface area contributed by atoms with Crippen LogP contribution in [0.15, 0.2) is 24.3 Å². The second-order valence-corrected chi connectivity index (χ2v) is 3.95. The Bertz CT molecular complexity index is 271. The third kappa shape index (κ3) is 3.88. The molecule has 14 heavy (non-hydrogen) atoms. The van der Waals surface area contributed by atoms with Gasteiger partial charge in [0.2, 0.25) is 0 Å². The summed E-state index contributed by atoms with van der Waals surface area (Å²) in [4.78, 5) is 0. The quantitative estimate of drug-likeness (QED) is 0.712. The van der Waals surface area contributed by atoms with Crippen molar-refractivity contribution in [2.75, 3.05) is 6.54 Å². The highest BCUT2D eigenvalue weighted by atomic mass is 19.1. The van der Waals surface area contributed by atoms with Crippen molar-refractivity contribution < 1.29 is 4.39 Å². The number of benzene rings is 1. The molecule has 0 aliphatic carbocycles. The molecule has 0 aromatic heterocycles. The molecular formula is C12H18FN. The second kappa shape index (κ2) is 5.76. The normalized spacial score (nSPS) is 10.9. The summed E-state index contributed by atoms with van der Waals surface area (Å²) in [5, 5.41) is 3.23. The Hall–Kier alpha value is -0.890. The maximum absolute atomic E-state index is 13.1. The van der Waals surface area contributed by atoms with Crippen molar-refractivity contribution in [3.63, 3.8) is 0 Å². The van der Waals surface area contributed by atoms with E-state index < -0.39 is 0 Å². The highest BCUT2D eigenvalue weighted by molar-refractivity contribution is 5.16. The maximum atomic E-state index is 13.1. The molecular weight excluding hydrogens is 177 g/mol. The second-order valence-electron chi connectivity index (χ2n) is 3.95. The summed E-state index contributed by atoms with van der Waals surface area (Å²) >= 11 is 0. The Labute approximate surface area is 85.3 Å². The highest BCUT2D eigenvalue weighted by Crippen LogP contribution is 2.05. The van der Waals surface area contributed by atoms with Gasteiger partial charge in [-0.3, -0.25) is 0 Å². The Kier molecular flexibility index (Phi) is 4.60. The Morgan fingerprint density at radius 1 is 1.29 bits per heavy atom. The third-order valence-electron chi connectivity index (χ3n) is 2.17. The van der Waals surface area contributed by atoms with Crippen LogP contribution in [0.4, 0.5) is 4.39 Å². The van der Waals surface area contributed by atoms with E-state index in [1.807, 2.05) is 12.1 Å². The smallest absolute Gasteiger partial charge is 0.127 e. The zero-order valence-electron chi connectivity index (χ0n) is 8.89. The fourth-order valence-corrected chi connectivity index (χ4v) is 1.26. The van der Waals surface area contributed by atoms with Crippen LogP contribution in [0.5, 0.6) is 0 Å². The van der Waals surface area contributed by atoms with E-state index in [0.29, 0.717) is 12.5 Å². The van der Waals surface area contributed by atoms with E-state index in [0.717, 1.165) is 18.5 Å². The van der Waals surface area contributed by atoms with Gasteiger partial charge in [0, 0.05) is 12.1 Å². The summed E-state index contributed by atoms with van der Waals surface area (Å²) < 4.78 is 13.1. The van der Waals surface area contributed by atoms with Gasteiger partial charge < -0.3 is 5.32 Å². The molecule has 1 aromatic carbocycles. The largest absolute Gasteiger partial charge is 0.313 e. The Balaban J connectivity index is 2.28. The highest BCUT2D eigenvalue weighted by Gasteiger charge is 1.99. The fraction of sp³-hybridized carbons (Fsp3) is 0.500. The third-order valence-corrected chi connectivity index (χ3v) is 2.17. The first-order chi connectivity index (χ1) is 6.70. The van der Waals surface area contributed by atoms with Gasteiger partial charge in [0.05, 0.1) is 0 Å².